The van der Waals surface area contributed by atoms with E-state index in [4.69, 9.17) is 5.73 Å². The molecular formula is C20H20N4O3S. The second-order valence-corrected chi connectivity index (χ2v) is 7.82. The van der Waals surface area contributed by atoms with Crippen molar-refractivity contribution in [3.63, 3.8) is 0 Å². The first-order valence-corrected chi connectivity index (χ1v) is 9.51. The van der Waals surface area contributed by atoms with Gasteiger partial charge in [0.25, 0.3) is 5.56 Å². The topological polar surface area (TPSA) is 107 Å². The van der Waals surface area contributed by atoms with Gasteiger partial charge in [-0.3, -0.25) is 19.5 Å². The molecule has 3 N–H and O–H groups in total. The van der Waals surface area contributed by atoms with E-state index in [9.17, 15) is 14.4 Å². The number of imide groups is 1. The van der Waals surface area contributed by atoms with Crippen LogP contribution in [0.3, 0.4) is 0 Å². The Balaban J connectivity index is 2.18. The van der Waals surface area contributed by atoms with Gasteiger partial charge in [-0.1, -0.05) is 30.0 Å². The molecule has 0 radical (unpaired) electrons. The maximum absolute atomic E-state index is 13.2. The number of hydrogen-bond acceptors (Lipinski definition) is 5. The number of rotatable bonds is 4. The van der Waals surface area contributed by atoms with E-state index in [0.29, 0.717) is 21.7 Å². The molecule has 3 aromatic rings. The number of amides is 3. The van der Waals surface area contributed by atoms with Crippen molar-refractivity contribution in [2.24, 2.45) is 5.73 Å². The van der Waals surface area contributed by atoms with E-state index in [0.717, 1.165) is 22.9 Å². The number of aromatic nitrogens is 2. The minimum Gasteiger partial charge on any atom is -0.351 e. The number of primary amides is 1. The van der Waals surface area contributed by atoms with Crippen LogP contribution in [0, 0.1) is 13.8 Å². The fraction of sp³-hybridized carbons (Fsp3) is 0.200. The maximum atomic E-state index is 13.2. The Morgan fingerprint density at radius 3 is 2.43 bits per heavy atom. The van der Waals surface area contributed by atoms with Gasteiger partial charge in [0.1, 0.15) is 0 Å². The zero-order valence-corrected chi connectivity index (χ0v) is 16.5. The largest absolute Gasteiger partial charge is 0.351 e. The Morgan fingerprint density at radius 1 is 1.14 bits per heavy atom. The van der Waals surface area contributed by atoms with E-state index in [-0.39, 0.29) is 5.56 Å². The number of carbonyl (C=O) groups is 2. The zero-order valence-electron chi connectivity index (χ0n) is 15.7. The molecule has 0 aliphatic carbocycles. The summed E-state index contributed by atoms with van der Waals surface area (Å²) >= 11 is 1.09. The first kappa shape index (κ1) is 19.6. The Kier molecular flexibility index (Phi) is 5.51. The number of thioether (sulfide) groups is 1. The van der Waals surface area contributed by atoms with Gasteiger partial charge in [-0.25, -0.2) is 9.78 Å². The van der Waals surface area contributed by atoms with Crippen LogP contribution in [0.15, 0.2) is 52.4 Å². The van der Waals surface area contributed by atoms with Crippen molar-refractivity contribution in [2.75, 3.05) is 0 Å². The van der Waals surface area contributed by atoms with Gasteiger partial charge < -0.3 is 5.73 Å². The van der Waals surface area contributed by atoms with E-state index >= 15 is 0 Å². The average Bonchev–Trinajstić information content (AvgIpc) is 2.60. The number of carbonyl (C=O) groups excluding carboxylic acids is 2. The van der Waals surface area contributed by atoms with Crippen LogP contribution in [-0.2, 0) is 4.79 Å². The second kappa shape index (κ2) is 7.85. The van der Waals surface area contributed by atoms with Gasteiger partial charge in [-0.05, 0) is 56.2 Å². The fourth-order valence-corrected chi connectivity index (χ4v) is 3.86. The fourth-order valence-electron chi connectivity index (χ4n) is 2.93. The van der Waals surface area contributed by atoms with E-state index in [1.165, 1.54) is 4.57 Å². The lowest BCUT2D eigenvalue weighted by Gasteiger charge is -2.16. The number of aryl methyl sites for hydroxylation is 2. The third-order valence-electron chi connectivity index (χ3n) is 4.11. The van der Waals surface area contributed by atoms with Crippen LogP contribution in [0.2, 0.25) is 0 Å². The second-order valence-electron chi connectivity index (χ2n) is 6.51. The third kappa shape index (κ3) is 4.07. The van der Waals surface area contributed by atoms with Crippen molar-refractivity contribution >= 4 is 34.6 Å². The van der Waals surface area contributed by atoms with Gasteiger partial charge in [0.2, 0.25) is 5.91 Å². The molecule has 0 aliphatic rings. The first-order valence-electron chi connectivity index (χ1n) is 8.63. The van der Waals surface area contributed by atoms with Gasteiger partial charge in [0.15, 0.2) is 5.16 Å². The van der Waals surface area contributed by atoms with Crippen molar-refractivity contribution in [1.29, 1.82) is 0 Å². The van der Waals surface area contributed by atoms with Crippen LogP contribution in [0.1, 0.15) is 18.1 Å². The molecule has 0 bridgehead atoms. The molecule has 7 nitrogen and oxygen atoms in total. The van der Waals surface area contributed by atoms with Crippen LogP contribution in [0.4, 0.5) is 4.79 Å². The summed E-state index contributed by atoms with van der Waals surface area (Å²) in [4.78, 5) is 40.9. The molecule has 0 saturated heterocycles. The Hall–Kier alpha value is -3.13. The summed E-state index contributed by atoms with van der Waals surface area (Å²) in [6.45, 7) is 5.52. The molecule has 2 aromatic carbocycles. The van der Waals surface area contributed by atoms with Crippen molar-refractivity contribution in [2.45, 2.75) is 31.2 Å². The van der Waals surface area contributed by atoms with E-state index < -0.39 is 17.2 Å². The lowest BCUT2D eigenvalue weighted by molar-refractivity contribution is -0.119. The Bertz CT molecular complexity index is 1120. The molecular weight excluding hydrogens is 376 g/mol. The van der Waals surface area contributed by atoms with Crippen LogP contribution in [0.5, 0.6) is 0 Å². The Labute approximate surface area is 166 Å². The highest BCUT2D eigenvalue weighted by Crippen LogP contribution is 2.26. The lowest BCUT2D eigenvalue weighted by Crippen LogP contribution is -2.39. The molecule has 3 rings (SSSR count). The normalized spacial score (nSPS) is 12.0. The number of benzene rings is 2. The number of fused-ring (bicyclic) bond motifs is 1. The third-order valence-corrected chi connectivity index (χ3v) is 5.16. The van der Waals surface area contributed by atoms with Crippen molar-refractivity contribution in [1.82, 2.24) is 14.9 Å². The van der Waals surface area contributed by atoms with Crippen LogP contribution in [-0.4, -0.2) is 26.7 Å². The monoisotopic (exact) mass is 396 g/mol. The lowest BCUT2D eigenvalue weighted by atomic mass is 10.1. The van der Waals surface area contributed by atoms with Crippen molar-refractivity contribution in [3.8, 4) is 5.69 Å². The molecule has 1 aromatic heterocycles. The van der Waals surface area contributed by atoms with E-state index in [1.807, 2.05) is 32.0 Å². The summed E-state index contributed by atoms with van der Waals surface area (Å²) in [5.74, 6) is -0.549. The molecule has 8 heteroatoms. The number of nitrogens with two attached hydrogens (primary N) is 1. The summed E-state index contributed by atoms with van der Waals surface area (Å²) in [5, 5.41) is 2.22. The minimum atomic E-state index is -0.921. The highest BCUT2D eigenvalue weighted by Gasteiger charge is 2.21. The molecule has 28 heavy (non-hydrogen) atoms. The standard InChI is InChI=1S/C20H20N4O3S/c1-11-8-12(2)10-14(9-11)24-18(26)15-6-4-5-7-16(15)22-20(24)28-13(3)17(25)23-19(21)27/h4-10,13H,1-3H3,(H3,21,23,25,27). The van der Waals surface area contributed by atoms with Gasteiger partial charge in [0, 0.05) is 0 Å². The first-order chi connectivity index (χ1) is 13.3. The predicted molar refractivity (Wildman–Crippen MR) is 110 cm³/mol. The molecule has 0 aliphatic heterocycles. The molecule has 1 heterocycles. The maximum Gasteiger partial charge on any atom is 0.318 e. The summed E-state index contributed by atoms with van der Waals surface area (Å²) < 4.78 is 1.50. The molecule has 3 amide bonds. The number of nitrogens with zero attached hydrogens (tertiary/aromatic N) is 2. The average molecular weight is 396 g/mol. The molecule has 144 valence electrons. The number of urea groups is 1. The summed E-state index contributed by atoms with van der Waals surface area (Å²) in [6.07, 6.45) is 0. The van der Waals surface area contributed by atoms with Gasteiger partial charge in [-0.15, -0.1) is 0 Å². The smallest absolute Gasteiger partial charge is 0.318 e. The summed E-state index contributed by atoms with van der Waals surface area (Å²) in [5.41, 5.74) is 8.03. The number of nitrogens with one attached hydrogen (secondary N) is 1. The van der Waals surface area contributed by atoms with Crippen LogP contribution < -0.4 is 16.6 Å². The zero-order chi connectivity index (χ0) is 20.4. The van der Waals surface area contributed by atoms with E-state index in [2.05, 4.69) is 10.3 Å². The van der Waals surface area contributed by atoms with Gasteiger partial charge in [-0.2, -0.15) is 0 Å². The Morgan fingerprint density at radius 2 is 1.79 bits per heavy atom. The SMILES string of the molecule is Cc1cc(C)cc(-n2c(SC(C)C(=O)NC(N)=O)nc3ccccc3c2=O)c1. The summed E-state index contributed by atoms with van der Waals surface area (Å²) in [6, 6.07) is 11.9. The van der Waals surface area contributed by atoms with Gasteiger partial charge >= 0.3 is 6.03 Å². The predicted octanol–water partition coefficient (Wildman–Crippen LogP) is 2.68. The minimum absolute atomic E-state index is 0.222. The van der Waals surface area contributed by atoms with Crippen LogP contribution in [0.25, 0.3) is 16.6 Å². The highest BCUT2D eigenvalue weighted by molar-refractivity contribution is 8.00. The number of hydrogen-bond donors (Lipinski definition) is 2. The van der Waals surface area contributed by atoms with Crippen molar-refractivity contribution in [3.05, 3.63) is 63.9 Å². The van der Waals surface area contributed by atoms with Crippen molar-refractivity contribution < 1.29 is 9.59 Å². The quantitative estimate of drug-likeness (QED) is 0.521. The highest BCUT2D eigenvalue weighted by atomic mass is 32.2. The molecule has 0 fully saturated rings. The van der Waals surface area contributed by atoms with E-state index in [1.54, 1.807) is 31.2 Å². The summed E-state index contributed by atoms with van der Waals surface area (Å²) in [7, 11) is 0. The van der Waals surface area contributed by atoms with Crippen LogP contribution >= 0.6 is 11.8 Å². The van der Waals surface area contributed by atoms with Gasteiger partial charge in [0.05, 0.1) is 21.8 Å². The molecule has 0 spiro atoms. The number of para-hydroxylation sites is 1. The molecule has 0 saturated carbocycles. The molecule has 1 unspecified atom stereocenters. The molecule has 1 atom stereocenters.